The van der Waals surface area contributed by atoms with Crippen LogP contribution in [0.3, 0.4) is 0 Å². The molecule has 0 aliphatic heterocycles. The zero-order valence-corrected chi connectivity index (χ0v) is 14.5. The third-order valence-corrected chi connectivity index (χ3v) is 4.03. The number of nitrogens with one attached hydrogen (secondary N) is 1. The summed E-state index contributed by atoms with van der Waals surface area (Å²) >= 11 is 0. The third kappa shape index (κ3) is 4.91. The first-order valence-corrected chi connectivity index (χ1v) is 8.11. The number of hydrogen-bond acceptors (Lipinski definition) is 4. The monoisotopic (exact) mass is 327 g/mol. The number of ether oxygens (including phenoxy) is 2. The second-order valence-electron chi connectivity index (χ2n) is 5.72. The summed E-state index contributed by atoms with van der Waals surface area (Å²) < 4.78 is 10.9. The molecular formula is C20H25NO3. The number of anilines is 1. The van der Waals surface area contributed by atoms with E-state index >= 15 is 0 Å². The Morgan fingerprint density at radius 2 is 1.62 bits per heavy atom. The van der Waals surface area contributed by atoms with Crippen LogP contribution in [-0.2, 0) is 15.9 Å². The third-order valence-electron chi connectivity index (χ3n) is 4.03. The van der Waals surface area contributed by atoms with E-state index in [1.165, 1.54) is 5.56 Å². The predicted molar refractivity (Wildman–Crippen MR) is 96.4 cm³/mol. The van der Waals surface area contributed by atoms with Crippen molar-refractivity contribution in [2.45, 2.75) is 32.1 Å². The Morgan fingerprint density at radius 1 is 1.00 bits per heavy atom. The molecule has 1 atom stereocenters. The van der Waals surface area contributed by atoms with Crippen molar-refractivity contribution >= 4 is 11.5 Å². The molecule has 128 valence electrons. The molecule has 0 aromatic heterocycles. The van der Waals surface area contributed by atoms with Gasteiger partial charge >= 0.3 is 0 Å². The van der Waals surface area contributed by atoms with Gasteiger partial charge in [-0.3, -0.25) is 4.79 Å². The summed E-state index contributed by atoms with van der Waals surface area (Å²) in [7, 11) is 3.25. The van der Waals surface area contributed by atoms with Gasteiger partial charge in [-0.1, -0.05) is 42.5 Å². The molecule has 2 aromatic carbocycles. The van der Waals surface area contributed by atoms with Crippen LogP contribution in [-0.4, -0.2) is 32.3 Å². The van der Waals surface area contributed by atoms with Crippen LogP contribution in [0.2, 0.25) is 0 Å². The molecule has 0 heterocycles. The second-order valence-corrected chi connectivity index (χ2v) is 5.72. The minimum Gasteiger partial charge on any atom is -0.377 e. The molecule has 0 amide bonds. The molecule has 0 radical (unpaired) electrons. The fraction of sp³-hybridized carbons (Fsp3) is 0.350. The van der Waals surface area contributed by atoms with Crippen molar-refractivity contribution in [2.24, 2.45) is 0 Å². The van der Waals surface area contributed by atoms with Crippen LogP contribution in [0.15, 0.2) is 54.6 Å². The summed E-state index contributed by atoms with van der Waals surface area (Å²) in [6.07, 6.45) is 1.32. The highest BCUT2D eigenvalue weighted by molar-refractivity contribution is 5.99. The number of Topliss-reactive ketones (excluding diaryl/α,β-unsaturated/α-hetero) is 1. The standard InChI is InChI=1S/C20H25NO3/c1-15(22)17-11-7-8-12-18(17)21-19(20(23-2)24-3)14-13-16-9-5-4-6-10-16/h4-12,19-21H,13-14H2,1-3H3/t19-/m0/s1. The lowest BCUT2D eigenvalue weighted by atomic mass is 10.0. The summed E-state index contributed by atoms with van der Waals surface area (Å²) in [5.74, 6) is 0.0336. The Hall–Kier alpha value is -2.17. The highest BCUT2D eigenvalue weighted by Gasteiger charge is 2.22. The van der Waals surface area contributed by atoms with Crippen LogP contribution in [0.5, 0.6) is 0 Å². The van der Waals surface area contributed by atoms with E-state index in [0.717, 1.165) is 18.5 Å². The molecule has 0 fully saturated rings. The molecule has 0 spiro atoms. The van der Waals surface area contributed by atoms with E-state index < -0.39 is 6.29 Å². The van der Waals surface area contributed by atoms with Crippen molar-refractivity contribution in [1.82, 2.24) is 0 Å². The maximum absolute atomic E-state index is 11.8. The number of benzene rings is 2. The van der Waals surface area contributed by atoms with Gasteiger partial charge in [0.25, 0.3) is 0 Å². The zero-order valence-electron chi connectivity index (χ0n) is 14.5. The number of para-hydroxylation sites is 1. The summed E-state index contributed by atoms with van der Waals surface area (Å²) in [5.41, 5.74) is 2.74. The van der Waals surface area contributed by atoms with Crippen molar-refractivity contribution in [2.75, 3.05) is 19.5 Å². The number of aryl methyl sites for hydroxylation is 1. The van der Waals surface area contributed by atoms with Crippen LogP contribution >= 0.6 is 0 Å². The van der Waals surface area contributed by atoms with Gasteiger partial charge in [0.05, 0.1) is 6.04 Å². The first-order chi connectivity index (χ1) is 11.7. The van der Waals surface area contributed by atoms with Crippen LogP contribution < -0.4 is 5.32 Å². The van der Waals surface area contributed by atoms with E-state index in [-0.39, 0.29) is 11.8 Å². The summed E-state index contributed by atoms with van der Waals surface area (Å²) in [5, 5.41) is 3.43. The molecule has 0 saturated carbocycles. The van der Waals surface area contributed by atoms with Crippen molar-refractivity contribution < 1.29 is 14.3 Å². The van der Waals surface area contributed by atoms with E-state index in [1.54, 1.807) is 21.1 Å². The smallest absolute Gasteiger partial charge is 0.176 e. The molecule has 0 aliphatic carbocycles. The molecule has 24 heavy (non-hydrogen) atoms. The molecule has 0 bridgehead atoms. The predicted octanol–water partition coefficient (Wildman–Crippen LogP) is 3.92. The normalized spacial score (nSPS) is 12.2. The Balaban J connectivity index is 2.16. The van der Waals surface area contributed by atoms with Crippen molar-refractivity contribution in [3.05, 3.63) is 65.7 Å². The number of carbonyl (C=O) groups is 1. The van der Waals surface area contributed by atoms with Crippen molar-refractivity contribution in [1.29, 1.82) is 0 Å². The molecule has 0 aliphatic rings. The Morgan fingerprint density at radius 3 is 2.25 bits per heavy atom. The number of methoxy groups -OCH3 is 2. The minimum absolute atomic E-state index is 0.0336. The molecule has 2 rings (SSSR count). The maximum atomic E-state index is 11.8. The van der Waals surface area contributed by atoms with Crippen molar-refractivity contribution in [3.63, 3.8) is 0 Å². The molecule has 2 aromatic rings. The Labute approximate surface area is 143 Å². The Bertz CT molecular complexity index is 638. The van der Waals surface area contributed by atoms with Gasteiger partial charge < -0.3 is 14.8 Å². The minimum atomic E-state index is -0.395. The van der Waals surface area contributed by atoms with Gasteiger partial charge in [0.2, 0.25) is 0 Å². The summed E-state index contributed by atoms with van der Waals surface area (Å²) in [6.45, 7) is 1.57. The number of hydrogen-bond donors (Lipinski definition) is 1. The lowest BCUT2D eigenvalue weighted by Gasteiger charge is -2.27. The average molecular weight is 327 g/mol. The van der Waals surface area contributed by atoms with Gasteiger partial charge in [-0.2, -0.15) is 0 Å². The first kappa shape index (κ1) is 18.2. The molecule has 0 unspecified atom stereocenters. The van der Waals surface area contributed by atoms with Gasteiger partial charge in [0.1, 0.15) is 0 Å². The fourth-order valence-electron chi connectivity index (χ4n) is 2.78. The quantitative estimate of drug-likeness (QED) is 0.560. The van der Waals surface area contributed by atoms with Gasteiger partial charge in [-0.05, 0) is 37.5 Å². The molecular weight excluding hydrogens is 302 g/mol. The second kappa shape index (κ2) is 9.21. The zero-order chi connectivity index (χ0) is 17.4. The van der Waals surface area contributed by atoms with E-state index in [0.29, 0.717) is 5.56 Å². The molecule has 4 heteroatoms. The van der Waals surface area contributed by atoms with Gasteiger partial charge in [0.15, 0.2) is 12.1 Å². The fourth-order valence-corrected chi connectivity index (χ4v) is 2.78. The Kier molecular flexibility index (Phi) is 6.97. The largest absolute Gasteiger partial charge is 0.377 e. The average Bonchev–Trinajstić information content (AvgIpc) is 2.61. The van der Waals surface area contributed by atoms with Gasteiger partial charge in [-0.15, -0.1) is 0 Å². The SMILES string of the molecule is COC(OC)[C@H](CCc1ccccc1)Nc1ccccc1C(C)=O. The maximum Gasteiger partial charge on any atom is 0.176 e. The van der Waals surface area contributed by atoms with E-state index in [1.807, 2.05) is 42.5 Å². The van der Waals surface area contributed by atoms with Crippen molar-refractivity contribution in [3.8, 4) is 0 Å². The van der Waals surface area contributed by atoms with E-state index in [4.69, 9.17) is 9.47 Å². The van der Waals surface area contributed by atoms with Crippen LogP contribution in [0.25, 0.3) is 0 Å². The molecule has 1 N–H and O–H groups in total. The highest BCUT2D eigenvalue weighted by atomic mass is 16.7. The summed E-state index contributed by atoms with van der Waals surface area (Å²) in [4.78, 5) is 11.8. The summed E-state index contributed by atoms with van der Waals surface area (Å²) in [6, 6.07) is 17.7. The number of rotatable bonds is 9. The van der Waals surface area contributed by atoms with Gasteiger partial charge in [0, 0.05) is 25.5 Å². The lowest BCUT2D eigenvalue weighted by molar-refractivity contribution is -0.113. The van der Waals surface area contributed by atoms with E-state index in [9.17, 15) is 4.79 Å². The van der Waals surface area contributed by atoms with Crippen LogP contribution in [0.1, 0.15) is 29.3 Å². The van der Waals surface area contributed by atoms with E-state index in [2.05, 4.69) is 17.4 Å². The highest BCUT2D eigenvalue weighted by Crippen LogP contribution is 2.20. The van der Waals surface area contributed by atoms with Crippen LogP contribution in [0.4, 0.5) is 5.69 Å². The van der Waals surface area contributed by atoms with Gasteiger partial charge in [-0.25, -0.2) is 0 Å². The number of carbonyl (C=O) groups excluding carboxylic acids is 1. The molecule has 4 nitrogen and oxygen atoms in total. The first-order valence-electron chi connectivity index (χ1n) is 8.11. The lowest BCUT2D eigenvalue weighted by Crippen LogP contribution is -2.37. The topological polar surface area (TPSA) is 47.6 Å². The van der Waals surface area contributed by atoms with Crippen LogP contribution in [0, 0.1) is 0 Å². The molecule has 0 saturated heterocycles. The number of ketones is 1.